The molecule has 24 heavy (non-hydrogen) atoms. The minimum Gasteiger partial charge on any atom is -0.497 e. The predicted molar refractivity (Wildman–Crippen MR) is 98.4 cm³/mol. The van der Waals surface area contributed by atoms with E-state index in [1.807, 2.05) is 12.1 Å². The third kappa shape index (κ3) is 4.59. The lowest BCUT2D eigenvalue weighted by Gasteiger charge is -2.35. The Morgan fingerprint density at radius 1 is 1.08 bits per heavy atom. The molecule has 0 N–H and O–H groups in total. The summed E-state index contributed by atoms with van der Waals surface area (Å²) in [4.78, 5) is 5.26. The summed E-state index contributed by atoms with van der Waals surface area (Å²) >= 11 is 0. The first-order chi connectivity index (χ1) is 11.8. The fraction of sp³-hybridized carbons (Fsp3) is 0.600. The smallest absolute Gasteiger partial charge is 0.118 e. The summed E-state index contributed by atoms with van der Waals surface area (Å²) in [6.45, 7) is 6.62. The zero-order chi connectivity index (χ0) is 16.8. The molecule has 0 spiro atoms. The second-order valence-electron chi connectivity index (χ2n) is 6.98. The Morgan fingerprint density at radius 3 is 2.67 bits per heavy atom. The van der Waals surface area contributed by atoms with Crippen LogP contribution in [0.4, 0.5) is 0 Å². The van der Waals surface area contributed by atoms with Crippen molar-refractivity contribution in [3.8, 4) is 5.75 Å². The summed E-state index contributed by atoms with van der Waals surface area (Å²) in [5, 5.41) is 0. The van der Waals surface area contributed by atoms with Crippen LogP contribution in [0.25, 0.3) is 6.08 Å². The molecule has 0 amide bonds. The normalized spacial score (nSPS) is 25.2. The molecule has 0 aromatic heterocycles. The van der Waals surface area contributed by atoms with Crippen LogP contribution in [0, 0.1) is 5.92 Å². The fourth-order valence-corrected chi connectivity index (χ4v) is 3.96. The number of benzene rings is 1. The summed E-state index contributed by atoms with van der Waals surface area (Å²) in [6, 6.07) is 8.94. The summed E-state index contributed by atoms with van der Waals surface area (Å²) in [6.07, 6.45) is 7.24. The van der Waals surface area contributed by atoms with Crippen LogP contribution in [0.5, 0.6) is 5.75 Å². The van der Waals surface area contributed by atoms with Gasteiger partial charge in [-0.05, 0) is 36.5 Å². The molecule has 4 nitrogen and oxygen atoms in total. The molecule has 3 fully saturated rings. The Hall–Kier alpha value is -1.36. The zero-order valence-corrected chi connectivity index (χ0v) is 15.0. The number of rotatable bonds is 7. The lowest BCUT2D eigenvalue weighted by molar-refractivity contribution is 0.0872. The lowest BCUT2D eigenvalue weighted by Crippen LogP contribution is -2.45. The van der Waals surface area contributed by atoms with E-state index in [9.17, 15) is 0 Å². The van der Waals surface area contributed by atoms with E-state index in [2.05, 4.69) is 34.1 Å². The Labute approximate surface area is 146 Å². The van der Waals surface area contributed by atoms with E-state index < -0.39 is 0 Å². The van der Waals surface area contributed by atoms with Gasteiger partial charge in [-0.15, -0.1) is 0 Å². The highest BCUT2D eigenvalue weighted by molar-refractivity contribution is 5.50. The molecule has 0 saturated carbocycles. The standard InChI is InChI=1S/C20H30N2O2/c1-23-13-12-22-15-18-5-8-19(22)16-21(14-18)11-3-4-17-6-9-20(24-2)10-7-17/h3-4,6-7,9-10,18-19H,5,8,11-16H2,1-2H3/b4-3+/t18-,19+/m0/s1. The van der Waals surface area contributed by atoms with Crippen LogP contribution in [0.15, 0.2) is 30.3 Å². The Balaban J connectivity index is 1.53. The molecule has 132 valence electrons. The molecule has 3 aliphatic rings. The van der Waals surface area contributed by atoms with Crippen molar-refractivity contribution in [2.75, 3.05) is 53.6 Å². The van der Waals surface area contributed by atoms with Gasteiger partial charge in [0, 0.05) is 45.9 Å². The summed E-state index contributed by atoms with van der Waals surface area (Å²) < 4.78 is 10.5. The van der Waals surface area contributed by atoms with Crippen molar-refractivity contribution in [1.82, 2.24) is 9.80 Å². The van der Waals surface area contributed by atoms with Crippen molar-refractivity contribution in [1.29, 1.82) is 0 Å². The highest BCUT2D eigenvalue weighted by atomic mass is 16.5. The molecule has 1 aromatic carbocycles. The van der Waals surface area contributed by atoms with E-state index in [0.717, 1.165) is 31.4 Å². The predicted octanol–water partition coefficient (Wildman–Crippen LogP) is 2.75. The SMILES string of the molecule is COCCN1C[C@H]2CC[C@@H]1CN(C/C=C/c1ccc(OC)cc1)C2. The molecule has 0 aliphatic carbocycles. The molecule has 3 aliphatic heterocycles. The monoisotopic (exact) mass is 330 g/mol. The average Bonchev–Trinajstić information content (AvgIpc) is 2.91. The molecule has 0 radical (unpaired) electrons. The maximum atomic E-state index is 5.27. The van der Waals surface area contributed by atoms with Crippen molar-refractivity contribution in [2.45, 2.75) is 18.9 Å². The first-order valence-electron chi connectivity index (χ1n) is 9.04. The second kappa shape index (κ2) is 8.65. The van der Waals surface area contributed by atoms with Gasteiger partial charge in [0.15, 0.2) is 0 Å². The topological polar surface area (TPSA) is 24.9 Å². The summed E-state index contributed by atoms with van der Waals surface area (Å²) in [7, 11) is 3.50. The van der Waals surface area contributed by atoms with E-state index in [4.69, 9.17) is 9.47 Å². The first kappa shape index (κ1) is 17.5. The quantitative estimate of drug-likeness (QED) is 0.767. The van der Waals surface area contributed by atoms with Gasteiger partial charge in [0.2, 0.25) is 0 Å². The van der Waals surface area contributed by atoms with Gasteiger partial charge in [0.25, 0.3) is 0 Å². The van der Waals surface area contributed by atoms with Crippen LogP contribution in [0.1, 0.15) is 18.4 Å². The maximum Gasteiger partial charge on any atom is 0.118 e. The highest BCUT2D eigenvalue weighted by Crippen LogP contribution is 2.27. The van der Waals surface area contributed by atoms with Gasteiger partial charge < -0.3 is 9.47 Å². The first-order valence-corrected chi connectivity index (χ1v) is 9.04. The minimum atomic E-state index is 0.702. The molecule has 4 heteroatoms. The summed E-state index contributed by atoms with van der Waals surface area (Å²) in [5.74, 6) is 1.72. The molecule has 4 rings (SSSR count). The Kier molecular flexibility index (Phi) is 6.30. The van der Waals surface area contributed by atoms with Gasteiger partial charge in [0.1, 0.15) is 5.75 Å². The van der Waals surface area contributed by atoms with Crippen LogP contribution in [-0.2, 0) is 4.74 Å². The van der Waals surface area contributed by atoms with Gasteiger partial charge in [-0.3, -0.25) is 9.80 Å². The van der Waals surface area contributed by atoms with Gasteiger partial charge in [-0.2, -0.15) is 0 Å². The average molecular weight is 330 g/mol. The highest BCUT2D eigenvalue weighted by Gasteiger charge is 2.33. The number of nitrogens with zero attached hydrogens (tertiary/aromatic N) is 2. The van der Waals surface area contributed by atoms with Crippen LogP contribution in [0.3, 0.4) is 0 Å². The molecule has 3 heterocycles. The number of piperidine rings is 1. The molecular formula is C20H30N2O2. The number of ether oxygens (including phenoxy) is 2. The third-order valence-corrected chi connectivity index (χ3v) is 5.27. The minimum absolute atomic E-state index is 0.702. The van der Waals surface area contributed by atoms with E-state index in [0.29, 0.717) is 6.04 Å². The van der Waals surface area contributed by atoms with Crippen molar-refractivity contribution >= 4 is 6.08 Å². The number of fused-ring (bicyclic) bond motifs is 4. The maximum absolute atomic E-state index is 5.27. The van der Waals surface area contributed by atoms with Crippen molar-refractivity contribution in [3.05, 3.63) is 35.9 Å². The van der Waals surface area contributed by atoms with Gasteiger partial charge in [0.05, 0.1) is 13.7 Å². The largest absolute Gasteiger partial charge is 0.497 e. The van der Waals surface area contributed by atoms with Gasteiger partial charge in [-0.25, -0.2) is 0 Å². The second-order valence-corrected chi connectivity index (χ2v) is 6.98. The van der Waals surface area contributed by atoms with E-state index in [-0.39, 0.29) is 0 Å². The molecule has 0 unspecified atom stereocenters. The third-order valence-electron chi connectivity index (χ3n) is 5.27. The number of hydrogen-bond donors (Lipinski definition) is 0. The van der Waals surface area contributed by atoms with Crippen molar-refractivity contribution < 1.29 is 9.47 Å². The molecule has 2 bridgehead atoms. The lowest BCUT2D eigenvalue weighted by atomic mass is 9.95. The fourth-order valence-electron chi connectivity index (χ4n) is 3.96. The Morgan fingerprint density at radius 2 is 1.92 bits per heavy atom. The van der Waals surface area contributed by atoms with E-state index in [1.165, 1.54) is 38.0 Å². The van der Waals surface area contributed by atoms with Gasteiger partial charge >= 0.3 is 0 Å². The van der Waals surface area contributed by atoms with Crippen LogP contribution in [-0.4, -0.2) is 69.4 Å². The molecule has 3 saturated heterocycles. The van der Waals surface area contributed by atoms with Gasteiger partial charge in [-0.1, -0.05) is 24.3 Å². The van der Waals surface area contributed by atoms with Crippen molar-refractivity contribution in [2.24, 2.45) is 5.92 Å². The summed E-state index contributed by atoms with van der Waals surface area (Å²) in [5.41, 5.74) is 1.23. The van der Waals surface area contributed by atoms with Crippen molar-refractivity contribution in [3.63, 3.8) is 0 Å². The van der Waals surface area contributed by atoms with Crippen LogP contribution >= 0.6 is 0 Å². The number of hydrogen-bond acceptors (Lipinski definition) is 4. The van der Waals surface area contributed by atoms with Crippen LogP contribution in [0.2, 0.25) is 0 Å². The molecule has 2 atom stereocenters. The van der Waals surface area contributed by atoms with Crippen LogP contribution < -0.4 is 4.74 Å². The Bertz CT molecular complexity index is 529. The van der Waals surface area contributed by atoms with E-state index >= 15 is 0 Å². The molecule has 1 aromatic rings. The number of methoxy groups -OCH3 is 2. The zero-order valence-electron chi connectivity index (χ0n) is 15.0. The van der Waals surface area contributed by atoms with E-state index in [1.54, 1.807) is 14.2 Å². The molecular weight excluding hydrogens is 300 g/mol.